The number of carbonyl (C=O) groups excluding carboxylic acids is 1. The van der Waals surface area contributed by atoms with Crippen LogP contribution >= 0.6 is 24.0 Å². The highest BCUT2D eigenvalue weighted by molar-refractivity contribution is 7.80. The van der Waals surface area contributed by atoms with Gasteiger partial charge in [-0.3, -0.25) is 9.78 Å². The second kappa shape index (κ2) is 4.67. The van der Waals surface area contributed by atoms with Gasteiger partial charge in [-0.05, 0) is 24.6 Å². The minimum absolute atomic E-state index is 0.127. The largest absolute Gasteiger partial charge is 0.320 e. The van der Waals surface area contributed by atoms with Crippen LogP contribution in [-0.2, 0) is 0 Å². The van der Waals surface area contributed by atoms with Crippen molar-refractivity contribution in [3.63, 3.8) is 0 Å². The van der Waals surface area contributed by atoms with Gasteiger partial charge in [0.05, 0.1) is 16.8 Å². The van der Waals surface area contributed by atoms with Crippen LogP contribution in [-0.4, -0.2) is 10.9 Å². The van der Waals surface area contributed by atoms with E-state index in [-0.39, 0.29) is 5.91 Å². The maximum absolute atomic E-state index is 11.8. The van der Waals surface area contributed by atoms with Crippen molar-refractivity contribution in [2.24, 2.45) is 0 Å². The van der Waals surface area contributed by atoms with Gasteiger partial charge in [0.1, 0.15) is 0 Å². The van der Waals surface area contributed by atoms with Crippen LogP contribution in [0, 0.1) is 6.92 Å². The summed E-state index contributed by atoms with van der Waals surface area (Å²) in [5.41, 5.74) is 1.72. The van der Waals surface area contributed by atoms with Gasteiger partial charge in [0.15, 0.2) is 0 Å². The van der Waals surface area contributed by atoms with Gasteiger partial charge in [0.25, 0.3) is 5.91 Å². The van der Waals surface area contributed by atoms with Crippen molar-refractivity contribution in [3.05, 3.63) is 40.3 Å². The van der Waals surface area contributed by atoms with E-state index in [2.05, 4.69) is 22.9 Å². The number of nitrogens with one attached hydrogen (secondary N) is 1. The van der Waals surface area contributed by atoms with Crippen LogP contribution in [0.15, 0.2) is 34.8 Å². The third-order valence-electron chi connectivity index (χ3n) is 1.94. The topological polar surface area (TPSA) is 42.0 Å². The van der Waals surface area contributed by atoms with E-state index < -0.39 is 0 Å². The van der Waals surface area contributed by atoms with Gasteiger partial charge in [-0.1, -0.05) is 0 Å². The molecule has 0 spiro atoms. The minimum Gasteiger partial charge on any atom is -0.320 e. The summed E-state index contributed by atoms with van der Waals surface area (Å²) in [5.74, 6) is -0.127. The average molecular weight is 250 g/mol. The highest BCUT2D eigenvalue weighted by atomic mass is 32.1. The minimum atomic E-state index is -0.127. The second-order valence-electron chi connectivity index (χ2n) is 3.37. The molecule has 2 rings (SSSR count). The van der Waals surface area contributed by atoms with Gasteiger partial charge >= 0.3 is 0 Å². The highest BCUT2D eigenvalue weighted by Gasteiger charge is 2.08. The number of hydrogen-bond donors (Lipinski definition) is 2. The van der Waals surface area contributed by atoms with Gasteiger partial charge in [-0.2, -0.15) is 0 Å². The van der Waals surface area contributed by atoms with Gasteiger partial charge in [-0.25, -0.2) is 0 Å². The number of aryl methyl sites for hydroxylation is 1. The lowest BCUT2D eigenvalue weighted by Crippen LogP contribution is -2.10. The Bertz CT molecular complexity index is 522. The van der Waals surface area contributed by atoms with Crippen LogP contribution in [0.25, 0.3) is 0 Å². The number of pyridine rings is 1. The van der Waals surface area contributed by atoms with Crippen molar-refractivity contribution >= 4 is 35.6 Å². The number of anilines is 1. The Balaban J connectivity index is 2.13. The molecule has 0 fully saturated rings. The molecule has 1 amide bonds. The van der Waals surface area contributed by atoms with Gasteiger partial charge in [0, 0.05) is 16.5 Å². The number of thiophene rings is 1. The summed E-state index contributed by atoms with van der Waals surface area (Å²) in [6.45, 7) is 1.93. The molecule has 82 valence electrons. The Morgan fingerprint density at radius 1 is 1.44 bits per heavy atom. The predicted octanol–water partition coefficient (Wildman–Crippen LogP) is 2.99. The summed E-state index contributed by atoms with van der Waals surface area (Å²) < 4.78 is 0. The van der Waals surface area contributed by atoms with Gasteiger partial charge in [0.2, 0.25) is 0 Å². The number of hydrogen-bond acceptors (Lipinski definition) is 4. The molecule has 0 saturated heterocycles. The Morgan fingerprint density at radius 2 is 2.25 bits per heavy atom. The molecule has 0 aliphatic carbocycles. The summed E-state index contributed by atoms with van der Waals surface area (Å²) in [4.78, 5) is 17.2. The molecule has 0 aromatic carbocycles. The third kappa shape index (κ3) is 2.62. The van der Waals surface area contributed by atoms with Crippen LogP contribution in [0.3, 0.4) is 0 Å². The summed E-state index contributed by atoms with van der Waals surface area (Å²) >= 11 is 5.53. The van der Waals surface area contributed by atoms with E-state index in [1.54, 1.807) is 18.5 Å². The first-order chi connectivity index (χ1) is 7.65. The lowest BCUT2D eigenvalue weighted by molar-refractivity contribution is 0.103. The van der Waals surface area contributed by atoms with E-state index in [9.17, 15) is 4.79 Å². The molecule has 0 radical (unpaired) electrons. The fourth-order valence-corrected chi connectivity index (χ4v) is 2.30. The lowest BCUT2D eigenvalue weighted by Gasteiger charge is -2.03. The van der Waals surface area contributed by atoms with Crippen LogP contribution in [0.5, 0.6) is 0 Å². The van der Waals surface area contributed by atoms with Crippen molar-refractivity contribution in [2.45, 2.75) is 11.8 Å². The van der Waals surface area contributed by atoms with E-state index >= 15 is 0 Å². The van der Waals surface area contributed by atoms with E-state index in [0.29, 0.717) is 10.6 Å². The fraction of sp³-hybridized carbons (Fsp3) is 0.0909. The molecule has 2 aromatic rings. The lowest BCUT2D eigenvalue weighted by atomic mass is 10.3. The third-order valence-corrected chi connectivity index (χ3v) is 3.30. The summed E-state index contributed by atoms with van der Waals surface area (Å²) in [5, 5.41) is 4.61. The molecule has 0 atom stereocenters. The zero-order valence-electron chi connectivity index (χ0n) is 8.60. The number of amides is 1. The van der Waals surface area contributed by atoms with Crippen molar-refractivity contribution in [3.8, 4) is 0 Å². The fourth-order valence-electron chi connectivity index (χ4n) is 1.26. The van der Waals surface area contributed by atoms with E-state index in [1.807, 2.05) is 18.4 Å². The Morgan fingerprint density at radius 3 is 2.88 bits per heavy atom. The van der Waals surface area contributed by atoms with Crippen LogP contribution in [0.1, 0.15) is 15.2 Å². The zero-order valence-corrected chi connectivity index (χ0v) is 10.3. The predicted molar refractivity (Wildman–Crippen MR) is 68.5 cm³/mol. The van der Waals surface area contributed by atoms with E-state index in [0.717, 1.165) is 10.5 Å². The molecule has 16 heavy (non-hydrogen) atoms. The summed E-state index contributed by atoms with van der Waals surface area (Å²) in [7, 11) is 0. The molecular weight excluding hydrogens is 240 g/mol. The number of thiol groups is 1. The monoisotopic (exact) mass is 250 g/mol. The Kier molecular flexibility index (Phi) is 3.26. The Labute approximate surface area is 103 Å². The average Bonchev–Trinajstić information content (AvgIpc) is 2.65. The molecule has 3 nitrogen and oxygen atoms in total. The molecule has 0 unspecified atom stereocenters. The molecular formula is C11H10N2OS2. The molecule has 0 saturated carbocycles. The first-order valence-electron chi connectivity index (χ1n) is 4.65. The van der Waals surface area contributed by atoms with Crippen molar-refractivity contribution < 1.29 is 4.79 Å². The van der Waals surface area contributed by atoms with Gasteiger partial charge < -0.3 is 5.32 Å². The maximum Gasteiger partial charge on any atom is 0.265 e. The van der Waals surface area contributed by atoms with E-state index in [1.165, 1.54) is 11.3 Å². The molecule has 0 aliphatic heterocycles. The smallest absolute Gasteiger partial charge is 0.265 e. The van der Waals surface area contributed by atoms with E-state index in [4.69, 9.17) is 0 Å². The second-order valence-corrected chi connectivity index (χ2v) is 4.80. The maximum atomic E-state index is 11.8. The quantitative estimate of drug-likeness (QED) is 0.805. The van der Waals surface area contributed by atoms with Crippen molar-refractivity contribution in [1.82, 2.24) is 4.98 Å². The zero-order chi connectivity index (χ0) is 11.5. The molecule has 2 heterocycles. The first-order valence-corrected chi connectivity index (χ1v) is 5.98. The molecule has 2 aromatic heterocycles. The van der Waals surface area contributed by atoms with Crippen LogP contribution in [0.2, 0.25) is 0 Å². The molecule has 0 aliphatic rings. The van der Waals surface area contributed by atoms with Crippen LogP contribution in [0.4, 0.5) is 5.69 Å². The van der Waals surface area contributed by atoms with Crippen LogP contribution < -0.4 is 5.32 Å². The molecule has 1 N–H and O–H groups in total. The number of rotatable bonds is 2. The normalized spacial score (nSPS) is 10.1. The number of carbonyl (C=O) groups is 1. The first kappa shape index (κ1) is 11.2. The summed E-state index contributed by atoms with van der Waals surface area (Å²) in [6, 6.07) is 3.62. The molecule has 0 bridgehead atoms. The highest BCUT2D eigenvalue weighted by Crippen LogP contribution is 2.19. The SMILES string of the molecule is Cc1cncc(NC(=O)c2cc(S)cs2)c1. The van der Waals surface area contributed by atoms with Crippen molar-refractivity contribution in [2.75, 3.05) is 5.32 Å². The van der Waals surface area contributed by atoms with Crippen molar-refractivity contribution in [1.29, 1.82) is 0 Å². The van der Waals surface area contributed by atoms with Gasteiger partial charge in [-0.15, -0.1) is 24.0 Å². The number of aromatic nitrogens is 1. The molecule has 5 heteroatoms. The number of nitrogens with zero attached hydrogens (tertiary/aromatic N) is 1. The summed E-state index contributed by atoms with van der Waals surface area (Å²) in [6.07, 6.45) is 3.37. The standard InChI is InChI=1S/C11H10N2OS2/c1-7-2-8(5-12-4-7)13-11(14)10-3-9(15)6-16-10/h2-6,15H,1H3,(H,13,14). The Hall–Kier alpha value is -1.33.